The fourth-order valence-electron chi connectivity index (χ4n) is 3.20. The van der Waals surface area contributed by atoms with Gasteiger partial charge in [-0.1, -0.05) is 23.7 Å². The summed E-state index contributed by atoms with van der Waals surface area (Å²) in [6, 6.07) is 13.4. The highest BCUT2D eigenvalue weighted by atomic mass is 35.5. The van der Waals surface area contributed by atoms with E-state index in [0.29, 0.717) is 29.4 Å². The van der Waals surface area contributed by atoms with Crippen molar-refractivity contribution in [2.24, 2.45) is 0 Å². The van der Waals surface area contributed by atoms with Crippen molar-refractivity contribution in [1.29, 1.82) is 5.26 Å². The first-order valence-corrected chi connectivity index (χ1v) is 8.93. The highest BCUT2D eigenvalue weighted by Crippen LogP contribution is 2.28. The first-order chi connectivity index (χ1) is 12.5. The topological polar surface area (TPSA) is 59.4 Å². The molecule has 1 fully saturated rings. The Morgan fingerprint density at radius 2 is 1.88 bits per heavy atom. The van der Waals surface area contributed by atoms with Gasteiger partial charge < -0.3 is 15.1 Å². The number of rotatable bonds is 2. The van der Waals surface area contributed by atoms with Gasteiger partial charge in [0.2, 0.25) is 0 Å². The van der Waals surface area contributed by atoms with Gasteiger partial charge in [0, 0.05) is 31.9 Å². The first-order valence-electron chi connectivity index (χ1n) is 8.55. The van der Waals surface area contributed by atoms with Gasteiger partial charge in [-0.25, -0.2) is 4.79 Å². The van der Waals surface area contributed by atoms with Gasteiger partial charge in [-0.15, -0.1) is 0 Å². The number of hydrogen-bond donors (Lipinski definition) is 1. The highest BCUT2D eigenvalue weighted by Gasteiger charge is 2.22. The van der Waals surface area contributed by atoms with Crippen molar-refractivity contribution in [2.45, 2.75) is 13.8 Å². The lowest BCUT2D eigenvalue weighted by Crippen LogP contribution is -2.50. The van der Waals surface area contributed by atoms with Crippen LogP contribution in [-0.4, -0.2) is 37.1 Å². The SMILES string of the molecule is Cc1cc(C)c(NC(=O)N2CCN(c3cccc(C#N)c3)CC2)c(Cl)c1. The predicted molar refractivity (Wildman–Crippen MR) is 105 cm³/mol. The number of benzene rings is 2. The summed E-state index contributed by atoms with van der Waals surface area (Å²) in [6.07, 6.45) is 0. The summed E-state index contributed by atoms with van der Waals surface area (Å²) < 4.78 is 0. The van der Waals surface area contributed by atoms with E-state index in [-0.39, 0.29) is 6.03 Å². The molecule has 0 saturated carbocycles. The molecule has 26 heavy (non-hydrogen) atoms. The molecule has 5 nitrogen and oxygen atoms in total. The molecule has 0 aliphatic carbocycles. The average Bonchev–Trinajstić information content (AvgIpc) is 2.64. The largest absolute Gasteiger partial charge is 0.368 e. The van der Waals surface area contributed by atoms with Gasteiger partial charge in [-0.2, -0.15) is 5.26 Å². The Morgan fingerprint density at radius 3 is 2.54 bits per heavy atom. The van der Waals surface area contributed by atoms with Gasteiger partial charge in [0.05, 0.1) is 22.3 Å². The second-order valence-electron chi connectivity index (χ2n) is 6.51. The van der Waals surface area contributed by atoms with Gasteiger partial charge in [0.15, 0.2) is 0 Å². The van der Waals surface area contributed by atoms with Crippen molar-refractivity contribution < 1.29 is 4.79 Å². The minimum Gasteiger partial charge on any atom is -0.368 e. The van der Waals surface area contributed by atoms with Crippen LogP contribution in [0.1, 0.15) is 16.7 Å². The summed E-state index contributed by atoms with van der Waals surface area (Å²) in [5.41, 5.74) is 4.36. The molecule has 6 heteroatoms. The number of nitrogens with zero attached hydrogens (tertiary/aromatic N) is 3. The zero-order valence-corrected chi connectivity index (χ0v) is 15.7. The third kappa shape index (κ3) is 3.92. The van der Waals surface area contributed by atoms with Crippen LogP contribution in [-0.2, 0) is 0 Å². The van der Waals surface area contributed by atoms with E-state index in [1.807, 2.05) is 44.2 Å². The van der Waals surface area contributed by atoms with Crippen molar-refractivity contribution in [3.63, 3.8) is 0 Å². The van der Waals surface area contributed by atoms with E-state index in [2.05, 4.69) is 16.3 Å². The van der Waals surface area contributed by atoms with Gasteiger partial charge in [0.25, 0.3) is 0 Å². The number of hydrogen-bond acceptors (Lipinski definition) is 3. The molecule has 2 amide bonds. The standard InChI is InChI=1S/C20H21ClN4O/c1-14-10-15(2)19(18(21)11-14)23-20(26)25-8-6-24(7-9-25)17-5-3-4-16(12-17)13-22/h3-5,10-12H,6-9H2,1-2H3,(H,23,26). The maximum absolute atomic E-state index is 12.6. The zero-order valence-electron chi connectivity index (χ0n) is 14.9. The lowest BCUT2D eigenvalue weighted by atomic mass is 10.1. The number of halogens is 1. The molecule has 2 aromatic rings. The maximum atomic E-state index is 12.6. The molecule has 0 bridgehead atoms. The summed E-state index contributed by atoms with van der Waals surface area (Å²) in [6.45, 7) is 6.60. The number of anilines is 2. The van der Waals surface area contributed by atoms with Gasteiger partial charge in [-0.3, -0.25) is 0 Å². The van der Waals surface area contributed by atoms with Crippen molar-refractivity contribution in [3.05, 3.63) is 58.1 Å². The Kier molecular flexibility index (Phi) is 5.34. The second-order valence-corrected chi connectivity index (χ2v) is 6.91. The van der Waals surface area contributed by atoms with Crippen LogP contribution < -0.4 is 10.2 Å². The molecule has 2 aromatic carbocycles. The molecule has 0 spiro atoms. The molecule has 134 valence electrons. The summed E-state index contributed by atoms with van der Waals surface area (Å²) >= 11 is 6.28. The van der Waals surface area contributed by atoms with Crippen molar-refractivity contribution >= 4 is 29.0 Å². The number of urea groups is 1. The molecule has 0 aromatic heterocycles. The number of carbonyl (C=O) groups is 1. The normalized spacial score (nSPS) is 14.1. The Morgan fingerprint density at radius 1 is 1.15 bits per heavy atom. The maximum Gasteiger partial charge on any atom is 0.322 e. The van der Waals surface area contributed by atoms with E-state index in [1.165, 1.54) is 0 Å². The van der Waals surface area contributed by atoms with E-state index in [9.17, 15) is 4.79 Å². The minimum atomic E-state index is -0.135. The fraction of sp³-hybridized carbons (Fsp3) is 0.300. The second kappa shape index (κ2) is 7.67. The molecule has 1 saturated heterocycles. The monoisotopic (exact) mass is 368 g/mol. The molecule has 1 heterocycles. The molecule has 1 aliphatic rings. The van der Waals surface area contributed by atoms with Crippen molar-refractivity contribution in [2.75, 3.05) is 36.4 Å². The van der Waals surface area contributed by atoms with Gasteiger partial charge in [0.1, 0.15) is 0 Å². The molecule has 0 radical (unpaired) electrons. The van der Waals surface area contributed by atoms with Gasteiger partial charge in [-0.05, 0) is 49.2 Å². The van der Waals surface area contributed by atoms with E-state index in [4.69, 9.17) is 16.9 Å². The third-order valence-corrected chi connectivity index (χ3v) is 4.87. The van der Waals surface area contributed by atoms with Crippen LogP contribution in [0.15, 0.2) is 36.4 Å². The summed E-state index contributed by atoms with van der Waals surface area (Å²) in [4.78, 5) is 16.6. The molecular weight excluding hydrogens is 348 g/mol. The molecule has 3 rings (SSSR count). The highest BCUT2D eigenvalue weighted by molar-refractivity contribution is 6.34. The molecule has 1 N–H and O–H groups in total. The lowest BCUT2D eigenvalue weighted by Gasteiger charge is -2.36. The minimum absolute atomic E-state index is 0.135. The van der Waals surface area contributed by atoms with E-state index in [1.54, 1.807) is 11.0 Å². The Bertz CT molecular complexity index is 843. The smallest absolute Gasteiger partial charge is 0.322 e. The third-order valence-electron chi connectivity index (χ3n) is 4.57. The number of amides is 2. The van der Waals surface area contributed by atoms with Crippen LogP contribution in [0.25, 0.3) is 0 Å². The predicted octanol–water partition coefficient (Wildman–Crippen LogP) is 4.18. The quantitative estimate of drug-likeness (QED) is 0.864. The van der Waals surface area contributed by atoms with Crippen LogP contribution in [0, 0.1) is 25.2 Å². The van der Waals surface area contributed by atoms with Crippen LogP contribution in [0.2, 0.25) is 5.02 Å². The van der Waals surface area contributed by atoms with Crippen molar-refractivity contribution in [1.82, 2.24) is 4.90 Å². The molecule has 1 aliphatic heterocycles. The molecule has 0 unspecified atom stereocenters. The number of nitriles is 1. The number of carbonyl (C=O) groups excluding carboxylic acids is 1. The lowest BCUT2D eigenvalue weighted by molar-refractivity contribution is 0.208. The van der Waals surface area contributed by atoms with Gasteiger partial charge >= 0.3 is 6.03 Å². The average molecular weight is 369 g/mol. The van der Waals surface area contributed by atoms with Crippen LogP contribution in [0.3, 0.4) is 0 Å². The summed E-state index contributed by atoms with van der Waals surface area (Å²) in [7, 11) is 0. The van der Waals surface area contributed by atoms with Crippen LogP contribution in [0.5, 0.6) is 0 Å². The van der Waals surface area contributed by atoms with Crippen LogP contribution >= 0.6 is 11.6 Å². The number of aryl methyl sites for hydroxylation is 2. The number of nitrogens with one attached hydrogen (secondary N) is 1. The van der Waals surface area contributed by atoms with Crippen molar-refractivity contribution in [3.8, 4) is 6.07 Å². The Balaban J connectivity index is 1.63. The van der Waals surface area contributed by atoms with Crippen LogP contribution in [0.4, 0.5) is 16.2 Å². The van der Waals surface area contributed by atoms with E-state index >= 15 is 0 Å². The summed E-state index contributed by atoms with van der Waals surface area (Å²) in [5, 5.41) is 12.5. The fourth-order valence-corrected chi connectivity index (χ4v) is 3.57. The summed E-state index contributed by atoms with van der Waals surface area (Å²) in [5.74, 6) is 0. The van der Waals surface area contributed by atoms with E-state index in [0.717, 1.165) is 29.9 Å². The Labute approximate surface area is 158 Å². The first kappa shape index (κ1) is 18.1. The molecule has 0 atom stereocenters. The van der Waals surface area contributed by atoms with E-state index < -0.39 is 0 Å². The zero-order chi connectivity index (χ0) is 18.7. The Hall–Kier alpha value is -2.71. The number of piperazine rings is 1. The molecular formula is C20H21ClN4O.